The second-order valence-corrected chi connectivity index (χ2v) is 8.51. The molecule has 1 saturated heterocycles. The van der Waals surface area contributed by atoms with Gasteiger partial charge in [-0.15, -0.1) is 0 Å². The quantitative estimate of drug-likeness (QED) is 0.532. The summed E-state index contributed by atoms with van der Waals surface area (Å²) < 4.78 is 5.42. The van der Waals surface area contributed by atoms with Crippen LogP contribution in [0.4, 0.5) is 4.79 Å². The van der Waals surface area contributed by atoms with Crippen LogP contribution >= 0.6 is 0 Å². The fraction of sp³-hybridized carbons (Fsp3) is 0.500. The Morgan fingerprint density at radius 2 is 2.06 bits per heavy atom. The molecule has 31 heavy (non-hydrogen) atoms. The smallest absolute Gasteiger partial charge is 0.332 e. The van der Waals surface area contributed by atoms with Crippen molar-refractivity contribution < 1.29 is 9.53 Å². The van der Waals surface area contributed by atoms with Crippen LogP contribution in [-0.4, -0.2) is 54.8 Å². The van der Waals surface area contributed by atoms with Gasteiger partial charge in [0.2, 0.25) is 0 Å². The van der Waals surface area contributed by atoms with Crippen molar-refractivity contribution >= 4 is 12.2 Å². The van der Waals surface area contributed by atoms with Gasteiger partial charge in [0.1, 0.15) is 0 Å². The summed E-state index contributed by atoms with van der Waals surface area (Å²) in [7, 11) is 0. The van der Waals surface area contributed by atoms with Crippen LogP contribution in [-0.2, 0) is 11.3 Å². The average molecular weight is 424 g/mol. The third kappa shape index (κ3) is 4.71. The molecule has 1 aromatic rings. The highest BCUT2D eigenvalue weighted by molar-refractivity contribution is 5.88. The van der Waals surface area contributed by atoms with Gasteiger partial charge in [0.15, 0.2) is 6.29 Å². The molecule has 4 N–H and O–H groups in total. The number of aliphatic imine (C=N–C) groups is 1. The molecule has 0 bridgehead atoms. The highest BCUT2D eigenvalue weighted by Crippen LogP contribution is 2.33. The highest BCUT2D eigenvalue weighted by atomic mass is 16.5. The number of ether oxygens (including phenoxy) is 1. The van der Waals surface area contributed by atoms with Crippen molar-refractivity contribution in [2.75, 3.05) is 19.8 Å². The summed E-state index contributed by atoms with van der Waals surface area (Å²) in [5, 5.41) is 15.9. The Morgan fingerprint density at radius 1 is 1.32 bits per heavy atom. The predicted molar refractivity (Wildman–Crippen MR) is 117 cm³/mol. The van der Waals surface area contributed by atoms with E-state index in [1.54, 1.807) is 17.0 Å². The summed E-state index contributed by atoms with van der Waals surface area (Å²) in [6, 6.07) is 9.53. The average Bonchev–Trinajstić information content (AvgIpc) is 3.05. The van der Waals surface area contributed by atoms with Crippen LogP contribution in [0.15, 0.2) is 40.5 Å². The van der Waals surface area contributed by atoms with Crippen molar-refractivity contribution in [2.24, 2.45) is 4.99 Å². The standard InChI is InChI=1S/C22H29N7O2/c1-22(2)18-13-24-20(26-17-7-9-31-10-8-17)27-19(18)14-29(22)21(30)28-25-12-16-5-3-15(11-23)4-6-16/h3-6,13,17,20,25-27H,7-10,12,14H2,1-2H3,(H,28,30). The van der Waals surface area contributed by atoms with Gasteiger partial charge in [0.25, 0.3) is 0 Å². The minimum absolute atomic E-state index is 0.185. The van der Waals surface area contributed by atoms with Gasteiger partial charge in [-0.05, 0) is 44.4 Å². The van der Waals surface area contributed by atoms with E-state index in [4.69, 9.17) is 10.00 Å². The molecule has 1 unspecified atom stereocenters. The molecule has 0 spiro atoms. The Kier molecular flexibility index (Phi) is 6.23. The van der Waals surface area contributed by atoms with Crippen molar-refractivity contribution in [2.45, 2.75) is 51.1 Å². The molecule has 164 valence electrons. The first-order chi connectivity index (χ1) is 15.0. The van der Waals surface area contributed by atoms with Crippen LogP contribution < -0.4 is 21.5 Å². The summed E-state index contributed by atoms with van der Waals surface area (Å²) in [5.74, 6) is 0. The molecule has 3 aliphatic heterocycles. The number of carbonyl (C=O) groups excluding carboxylic acids is 1. The molecule has 3 heterocycles. The van der Waals surface area contributed by atoms with E-state index in [2.05, 4.69) is 32.5 Å². The van der Waals surface area contributed by atoms with Gasteiger partial charge < -0.3 is 15.0 Å². The van der Waals surface area contributed by atoms with Crippen molar-refractivity contribution in [1.82, 2.24) is 26.4 Å². The van der Waals surface area contributed by atoms with E-state index in [9.17, 15) is 4.79 Å². The molecule has 0 saturated carbocycles. The number of nitriles is 1. The van der Waals surface area contributed by atoms with Gasteiger partial charge in [0.05, 0.1) is 23.7 Å². The monoisotopic (exact) mass is 423 g/mol. The minimum atomic E-state index is -0.476. The Labute approximate surface area is 182 Å². The lowest BCUT2D eigenvalue weighted by Crippen LogP contribution is -2.53. The molecule has 4 rings (SSSR count). The van der Waals surface area contributed by atoms with Crippen molar-refractivity contribution in [1.29, 1.82) is 5.26 Å². The predicted octanol–water partition coefficient (Wildman–Crippen LogP) is 1.35. The number of nitrogens with zero attached hydrogens (tertiary/aromatic N) is 3. The fourth-order valence-electron chi connectivity index (χ4n) is 4.15. The second-order valence-electron chi connectivity index (χ2n) is 8.51. The number of carbonyl (C=O) groups is 1. The van der Waals surface area contributed by atoms with E-state index in [0.29, 0.717) is 24.7 Å². The van der Waals surface area contributed by atoms with Crippen LogP contribution in [0.2, 0.25) is 0 Å². The number of hydrogen-bond acceptors (Lipinski definition) is 7. The van der Waals surface area contributed by atoms with Gasteiger partial charge in [-0.1, -0.05) is 12.1 Å². The van der Waals surface area contributed by atoms with Crippen molar-refractivity contribution in [3.05, 3.63) is 46.7 Å². The normalized spacial score (nSPS) is 22.6. The van der Waals surface area contributed by atoms with Gasteiger partial charge in [-0.2, -0.15) is 5.26 Å². The molecule has 0 aromatic heterocycles. The third-order valence-electron chi connectivity index (χ3n) is 6.07. The maximum Gasteiger partial charge on any atom is 0.332 e. The molecule has 9 nitrogen and oxygen atoms in total. The van der Waals surface area contributed by atoms with Crippen LogP contribution in [0.5, 0.6) is 0 Å². The lowest BCUT2D eigenvalue weighted by Gasteiger charge is -2.33. The van der Waals surface area contributed by atoms with E-state index in [0.717, 1.165) is 42.9 Å². The fourth-order valence-corrected chi connectivity index (χ4v) is 4.15. The molecule has 0 radical (unpaired) electrons. The summed E-state index contributed by atoms with van der Waals surface area (Å²) in [4.78, 5) is 19.3. The first kappa shape index (κ1) is 21.3. The zero-order chi connectivity index (χ0) is 21.8. The van der Waals surface area contributed by atoms with E-state index < -0.39 is 5.54 Å². The second kappa shape index (κ2) is 9.06. The van der Waals surface area contributed by atoms with Gasteiger partial charge in [0, 0.05) is 43.3 Å². The lowest BCUT2D eigenvalue weighted by molar-refractivity contribution is 0.0742. The van der Waals surface area contributed by atoms with Gasteiger partial charge in [-0.3, -0.25) is 15.7 Å². The van der Waals surface area contributed by atoms with Crippen LogP contribution in [0.1, 0.15) is 37.8 Å². The molecule has 3 aliphatic rings. The lowest BCUT2D eigenvalue weighted by atomic mass is 9.95. The Balaban J connectivity index is 1.30. The van der Waals surface area contributed by atoms with Crippen molar-refractivity contribution in [3.63, 3.8) is 0 Å². The number of benzene rings is 1. The van der Waals surface area contributed by atoms with Gasteiger partial charge in [-0.25, -0.2) is 10.2 Å². The Morgan fingerprint density at radius 3 is 2.77 bits per heavy atom. The topological polar surface area (TPSA) is 114 Å². The summed E-state index contributed by atoms with van der Waals surface area (Å²) in [6.07, 6.45) is 3.66. The van der Waals surface area contributed by atoms with E-state index >= 15 is 0 Å². The number of hydrazine groups is 1. The largest absolute Gasteiger partial charge is 0.381 e. The third-order valence-corrected chi connectivity index (χ3v) is 6.07. The number of amides is 2. The van der Waals surface area contributed by atoms with E-state index in [1.165, 1.54) is 0 Å². The van der Waals surface area contributed by atoms with E-state index in [1.807, 2.05) is 32.2 Å². The maximum absolute atomic E-state index is 12.9. The Bertz CT molecular complexity index is 911. The number of rotatable bonds is 5. The first-order valence-corrected chi connectivity index (χ1v) is 10.6. The van der Waals surface area contributed by atoms with Crippen LogP contribution in [0.3, 0.4) is 0 Å². The molecular formula is C22H29N7O2. The maximum atomic E-state index is 12.9. The number of nitrogens with one attached hydrogen (secondary N) is 4. The van der Waals surface area contributed by atoms with Gasteiger partial charge >= 0.3 is 6.03 Å². The van der Waals surface area contributed by atoms with E-state index in [-0.39, 0.29) is 12.3 Å². The van der Waals surface area contributed by atoms with Crippen LogP contribution in [0.25, 0.3) is 0 Å². The molecule has 1 atom stereocenters. The molecule has 9 heteroatoms. The molecule has 0 aliphatic carbocycles. The highest BCUT2D eigenvalue weighted by Gasteiger charge is 2.43. The van der Waals surface area contributed by atoms with Crippen molar-refractivity contribution in [3.8, 4) is 6.07 Å². The SMILES string of the molecule is CC1(C)C2=C(CN1C(=O)NNCc1ccc(C#N)cc1)NC(NC1CCOCC1)N=C2. The number of urea groups is 1. The first-order valence-electron chi connectivity index (χ1n) is 10.6. The molecule has 1 aromatic carbocycles. The summed E-state index contributed by atoms with van der Waals surface area (Å²) in [6.45, 7) is 6.56. The minimum Gasteiger partial charge on any atom is -0.381 e. The van der Waals surface area contributed by atoms with Crippen LogP contribution in [0, 0.1) is 11.3 Å². The molecule has 2 amide bonds. The zero-order valence-electron chi connectivity index (χ0n) is 17.9. The number of hydrogen-bond donors (Lipinski definition) is 4. The summed E-state index contributed by atoms with van der Waals surface area (Å²) >= 11 is 0. The molecular weight excluding hydrogens is 394 g/mol. The molecule has 1 fully saturated rings. The summed E-state index contributed by atoms with van der Waals surface area (Å²) in [5.41, 5.74) is 8.93. The zero-order valence-corrected chi connectivity index (χ0v) is 17.9. The Hall–Kier alpha value is -2.93.